The molecular formula is C21H26N2O4. The first-order valence-electron chi connectivity index (χ1n) is 8.72. The Kier molecular flexibility index (Phi) is 7.23. The number of hydrogen-bond acceptors (Lipinski definition) is 5. The van der Waals surface area contributed by atoms with Gasteiger partial charge in [-0.1, -0.05) is 26.0 Å². The van der Waals surface area contributed by atoms with Crippen molar-refractivity contribution in [2.75, 3.05) is 20.8 Å². The quantitative estimate of drug-likeness (QED) is 0.569. The van der Waals surface area contributed by atoms with Crippen LogP contribution < -0.4 is 19.6 Å². The minimum absolute atomic E-state index is 0.111. The molecule has 6 nitrogen and oxygen atoms in total. The van der Waals surface area contributed by atoms with Gasteiger partial charge in [-0.15, -0.1) is 0 Å². The van der Waals surface area contributed by atoms with E-state index in [1.54, 1.807) is 32.4 Å². The second-order valence-electron chi connectivity index (χ2n) is 6.39. The summed E-state index contributed by atoms with van der Waals surface area (Å²) in [6.07, 6.45) is 1.52. The first kappa shape index (κ1) is 20.3. The molecule has 2 aromatic carbocycles. The summed E-state index contributed by atoms with van der Waals surface area (Å²) in [4.78, 5) is 12.0. The van der Waals surface area contributed by atoms with E-state index in [1.165, 1.54) is 6.21 Å². The number of nitrogens with one attached hydrogen (secondary N) is 1. The Hall–Kier alpha value is -3.02. The van der Waals surface area contributed by atoms with E-state index < -0.39 is 0 Å². The Bertz CT molecular complexity index is 816. The summed E-state index contributed by atoms with van der Waals surface area (Å²) in [6, 6.07) is 11.3. The minimum atomic E-state index is -0.338. The van der Waals surface area contributed by atoms with Gasteiger partial charge in [-0.25, -0.2) is 5.43 Å². The fourth-order valence-corrected chi connectivity index (χ4v) is 2.52. The van der Waals surface area contributed by atoms with Crippen LogP contribution in [0.1, 0.15) is 36.5 Å². The highest BCUT2D eigenvalue weighted by Crippen LogP contribution is 2.27. The van der Waals surface area contributed by atoms with Crippen molar-refractivity contribution < 1.29 is 19.0 Å². The van der Waals surface area contributed by atoms with Crippen LogP contribution in [0.3, 0.4) is 0 Å². The fraction of sp³-hybridized carbons (Fsp3) is 0.333. The molecule has 0 fully saturated rings. The lowest BCUT2D eigenvalue weighted by atomic mass is 10.0. The van der Waals surface area contributed by atoms with Gasteiger partial charge in [0.05, 0.1) is 20.4 Å². The molecule has 0 aliphatic heterocycles. The number of aryl methyl sites for hydroxylation is 1. The van der Waals surface area contributed by atoms with Crippen molar-refractivity contribution in [2.45, 2.75) is 26.7 Å². The van der Waals surface area contributed by atoms with Crippen molar-refractivity contribution in [3.8, 4) is 17.2 Å². The summed E-state index contributed by atoms with van der Waals surface area (Å²) in [5.74, 6) is 1.98. The first-order chi connectivity index (χ1) is 12.9. The first-order valence-corrected chi connectivity index (χ1v) is 8.72. The van der Waals surface area contributed by atoms with Crippen LogP contribution in [0.5, 0.6) is 17.2 Å². The van der Waals surface area contributed by atoms with E-state index in [2.05, 4.69) is 24.4 Å². The predicted molar refractivity (Wildman–Crippen MR) is 106 cm³/mol. The van der Waals surface area contributed by atoms with Crippen molar-refractivity contribution in [3.05, 3.63) is 53.1 Å². The molecule has 0 radical (unpaired) electrons. The van der Waals surface area contributed by atoms with Crippen LogP contribution in [0.25, 0.3) is 0 Å². The third-order valence-electron chi connectivity index (χ3n) is 3.98. The lowest BCUT2D eigenvalue weighted by Crippen LogP contribution is -2.25. The van der Waals surface area contributed by atoms with Gasteiger partial charge in [0.25, 0.3) is 5.91 Å². The van der Waals surface area contributed by atoms with Crippen molar-refractivity contribution in [2.24, 2.45) is 5.10 Å². The molecule has 2 aromatic rings. The van der Waals surface area contributed by atoms with Crippen molar-refractivity contribution in [1.29, 1.82) is 0 Å². The molecule has 1 amide bonds. The zero-order valence-electron chi connectivity index (χ0n) is 16.4. The highest BCUT2D eigenvalue weighted by molar-refractivity contribution is 5.85. The molecule has 0 bridgehead atoms. The molecule has 0 aliphatic rings. The Morgan fingerprint density at radius 1 is 1.11 bits per heavy atom. The summed E-state index contributed by atoms with van der Waals surface area (Å²) in [5, 5.41) is 3.97. The van der Waals surface area contributed by atoms with Crippen molar-refractivity contribution in [3.63, 3.8) is 0 Å². The number of amides is 1. The van der Waals surface area contributed by atoms with Gasteiger partial charge in [0, 0.05) is 11.6 Å². The number of benzene rings is 2. The van der Waals surface area contributed by atoms with Gasteiger partial charge in [-0.3, -0.25) is 4.79 Å². The topological polar surface area (TPSA) is 69.2 Å². The van der Waals surface area contributed by atoms with Crippen molar-refractivity contribution in [1.82, 2.24) is 5.43 Å². The van der Waals surface area contributed by atoms with E-state index >= 15 is 0 Å². The maximum absolute atomic E-state index is 12.0. The van der Waals surface area contributed by atoms with Crippen LogP contribution in [-0.2, 0) is 4.79 Å². The zero-order valence-corrected chi connectivity index (χ0v) is 16.4. The molecule has 0 unspecified atom stereocenters. The highest BCUT2D eigenvalue weighted by atomic mass is 16.5. The number of rotatable bonds is 8. The lowest BCUT2D eigenvalue weighted by molar-refractivity contribution is -0.123. The number of methoxy groups -OCH3 is 2. The van der Waals surface area contributed by atoms with Crippen LogP contribution in [0.15, 0.2) is 41.5 Å². The Morgan fingerprint density at radius 3 is 2.56 bits per heavy atom. The van der Waals surface area contributed by atoms with Crippen LogP contribution in [-0.4, -0.2) is 32.9 Å². The lowest BCUT2D eigenvalue weighted by Gasteiger charge is -2.14. The molecule has 0 aromatic heterocycles. The van der Waals surface area contributed by atoms with Gasteiger partial charge in [0.1, 0.15) is 17.2 Å². The SMILES string of the molecule is COc1ccc(/C=N\NC(=O)COc2cc(C)ccc2C(C)C)c(OC)c1. The molecule has 0 saturated heterocycles. The molecule has 0 spiro atoms. The molecule has 0 saturated carbocycles. The molecule has 6 heteroatoms. The van der Waals surface area contributed by atoms with E-state index in [0.29, 0.717) is 17.4 Å². The van der Waals surface area contributed by atoms with Gasteiger partial charge in [-0.2, -0.15) is 5.10 Å². The molecule has 2 rings (SSSR count). The third-order valence-corrected chi connectivity index (χ3v) is 3.98. The summed E-state index contributed by atoms with van der Waals surface area (Å²) in [5.41, 5.74) is 5.34. The zero-order chi connectivity index (χ0) is 19.8. The second kappa shape index (κ2) is 9.62. The number of nitrogens with zero attached hydrogens (tertiary/aromatic N) is 1. The van der Waals surface area contributed by atoms with E-state index in [4.69, 9.17) is 14.2 Å². The van der Waals surface area contributed by atoms with Crippen molar-refractivity contribution >= 4 is 12.1 Å². The Morgan fingerprint density at radius 2 is 1.89 bits per heavy atom. The average Bonchev–Trinajstić information content (AvgIpc) is 2.66. The van der Waals surface area contributed by atoms with E-state index in [0.717, 1.165) is 22.4 Å². The predicted octanol–water partition coefficient (Wildman–Crippen LogP) is 3.66. The van der Waals surface area contributed by atoms with E-state index in [-0.39, 0.29) is 12.5 Å². The normalized spacial score (nSPS) is 10.9. The Labute approximate surface area is 160 Å². The Balaban J connectivity index is 1.95. The molecule has 0 heterocycles. The molecule has 144 valence electrons. The average molecular weight is 370 g/mol. The van der Waals surface area contributed by atoms with Gasteiger partial charge < -0.3 is 14.2 Å². The number of carbonyl (C=O) groups excluding carboxylic acids is 1. The van der Waals surface area contributed by atoms with Crippen LogP contribution >= 0.6 is 0 Å². The van der Waals surface area contributed by atoms with Gasteiger partial charge in [0.15, 0.2) is 6.61 Å². The molecule has 0 aliphatic carbocycles. The standard InChI is InChI=1S/C21H26N2O4/c1-14(2)18-9-6-15(3)10-20(18)27-13-21(24)23-22-12-16-7-8-17(25-4)11-19(16)26-5/h6-12,14H,13H2,1-5H3,(H,23,24)/b22-12-. The molecular weight excluding hydrogens is 344 g/mol. The summed E-state index contributed by atoms with van der Waals surface area (Å²) < 4.78 is 16.1. The fourth-order valence-electron chi connectivity index (χ4n) is 2.52. The van der Waals surface area contributed by atoms with Crippen LogP contribution in [0.2, 0.25) is 0 Å². The summed E-state index contributed by atoms with van der Waals surface area (Å²) >= 11 is 0. The number of hydrogen-bond donors (Lipinski definition) is 1. The van der Waals surface area contributed by atoms with Crippen LogP contribution in [0.4, 0.5) is 0 Å². The van der Waals surface area contributed by atoms with Gasteiger partial charge in [0.2, 0.25) is 0 Å². The maximum atomic E-state index is 12.0. The second-order valence-corrected chi connectivity index (χ2v) is 6.39. The molecule has 1 N–H and O–H groups in total. The maximum Gasteiger partial charge on any atom is 0.277 e. The summed E-state index contributed by atoms with van der Waals surface area (Å²) in [7, 11) is 3.15. The smallest absolute Gasteiger partial charge is 0.277 e. The highest BCUT2D eigenvalue weighted by Gasteiger charge is 2.10. The minimum Gasteiger partial charge on any atom is -0.497 e. The number of ether oxygens (including phenoxy) is 3. The van der Waals surface area contributed by atoms with Gasteiger partial charge >= 0.3 is 0 Å². The summed E-state index contributed by atoms with van der Waals surface area (Å²) in [6.45, 7) is 6.05. The van der Waals surface area contributed by atoms with Gasteiger partial charge in [-0.05, 0) is 42.2 Å². The monoisotopic (exact) mass is 370 g/mol. The van der Waals surface area contributed by atoms with Crippen LogP contribution in [0, 0.1) is 6.92 Å². The van der Waals surface area contributed by atoms with E-state index in [9.17, 15) is 4.79 Å². The number of carbonyl (C=O) groups is 1. The van der Waals surface area contributed by atoms with E-state index in [1.807, 2.05) is 25.1 Å². The molecule has 27 heavy (non-hydrogen) atoms. The molecule has 0 atom stereocenters. The third kappa shape index (κ3) is 5.74. The number of hydrazone groups is 1. The largest absolute Gasteiger partial charge is 0.497 e.